The number of alkyl halides is 3. The molecular formula is C17H24F3N3O3. The molecule has 9 heteroatoms. The van der Waals surface area contributed by atoms with Crippen LogP contribution in [0, 0.1) is 5.92 Å². The largest absolute Gasteiger partial charge is 0.484 e. The van der Waals surface area contributed by atoms with Gasteiger partial charge in [0.2, 0.25) is 0 Å². The summed E-state index contributed by atoms with van der Waals surface area (Å²) in [7, 11) is 1.33. The van der Waals surface area contributed by atoms with Crippen molar-refractivity contribution in [1.29, 1.82) is 0 Å². The second-order valence-corrected chi connectivity index (χ2v) is 5.55. The van der Waals surface area contributed by atoms with Gasteiger partial charge in [0.05, 0.1) is 19.6 Å². The Balaban J connectivity index is 2.59. The van der Waals surface area contributed by atoms with E-state index >= 15 is 0 Å². The topological polar surface area (TPSA) is 72.0 Å². The van der Waals surface area contributed by atoms with Crippen LogP contribution in [0.15, 0.2) is 29.3 Å². The van der Waals surface area contributed by atoms with Crippen molar-refractivity contribution in [1.82, 2.24) is 10.6 Å². The molecule has 0 bridgehead atoms. The van der Waals surface area contributed by atoms with Crippen LogP contribution < -0.4 is 15.4 Å². The van der Waals surface area contributed by atoms with E-state index < -0.39 is 12.8 Å². The summed E-state index contributed by atoms with van der Waals surface area (Å²) in [5, 5.41) is 6.09. The summed E-state index contributed by atoms with van der Waals surface area (Å²) in [5.41, 5.74) is 0.808. The number of carbonyl (C=O) groups excluding carboxylic acids is 1. The molecule has 1 aromatic carbocycles. The van der Waals surface area contributed by atoms with Crippen LogP contribution in [-0.4, -0.2) is 44.9 Å². The summed E-state index contributed by atoms with van der Waals surface area (Å²) in [5.74, 6) is 0.0318. The van der Waals surface area contributed by atoms with Crippen molar-refractivity contribution in [2.75, 3.05) is 26.8 Å². The number of ether oxygens (including phenoxy) is 2. The van der Waals surface area contributed by atoms with Crippen molar-refractivity contribution >= 4 is 11.9 Å². The van der Waals surface area contributed by atoms with Crippen LogP contribution in [0.2, 0.25) is 0 Å². The fourth-order valence-electron chi connectivity index (χ4n) is 1.90. The van der Waals surface area contributed by atoms with Gasteiger partial charge in [0.25, 0.3) is 0 Å². The van der Waals surface area contributed by atoms with Gasteiger partial charge >= 0.3 is 12.1 Å². The first kappa shape index (κ1) is 21.6. The molecule has 1 atom stereocenters. The molecular weight excluding hydrogens is 351 g/mol. The number of hydrogen-bond acceptors (Lipinski definition) is 4. The Morgan fingerprint density at radius 1 is 1.23 bits per heavy atom. The number of esters is 1. The Kier molecular flexibility index (Phi) is 8.74. The molecule has 0 amide bonds. The predicted octanol–water partition coefficient (Wildman–Crippen LogP) is 2.49. The molecule has 1 rings (SSSR count). The maximum Gasteiger partial charge on any atom is 0.422 e. The molecule has 0 radical (unpaired) electrons. The van der Waals surface area contributed by atoms with Crippen LogP contribution in [0.5, 0.6) is 5.75 Å². The Labute approximate surface area is 150 Å². The van der Waals surface area contributed by atoms with Gasteiger partial charge in [0, 0.05) is 13.1 Å². The highest BCUT2D eigenvalue weighted by atomic mass is 19.4. The highest BCUT2D eigenvalue weighted by Gasteiger charge is 2.28. The van der Waals surface area contributed by atoms with Crippen molar-refractivity contribution in [2.45, 2.75) is 26.6 Å². The lowest BCUT2D eigenvalue weighted by molar-refractivity contribution is -0.153. The number of benzene rings is 1. The van der Waals surface area contributed by atoms with Crippen LogP contribution in [-0.2, 0) is 16.1 Å². The fraction of sp³-hybridized carbons (Fsp3) is 0.529. The minimum absolute atomic E-state index is 0.145. The number of aliphatic imine (C=N–C) groups is 1. The molecule has 2 N–H and O–H groups in total. The van der Waals surface area contributed by atoms with Gasteiger partial charge in [-0.15, -0.1) is 0 Å². The molecule has 0 heterocycles. The third kappa shape index (κ3) is 8.59. The van der Waals surface area contributed by atoms with Crippen LogP contribution >= 0.6 is 0 Å². The molecule has 0 spiro atoms. The maximum atomic E-state index is 12.1. The monoisotopic (exact) mass is 375 g/mol. The zero-order valence-corrected chi connectivity index (χ0v) is 15.0. The SMILES string of the molecule is CCNC(=NCc1ccc(OCC(F)(F)F)cc1)NCC(C)C(=O)OC. The highest BCUT2D eigenvalue weighted by molar-refractivity contribution is 5.80. The zero-order valence-electron chi connectivity index (χ0n) is 15.0. The summed E-state index contributed by atoms with van der Waals surface area (Å²) < 4.78 is 45.7. The molecule has 1 unspecified atom stereocenters. The van der Waals surface area contributed by atoms with Crippen LogP contribution in [0.3, 0.4) is 0 Å². The van der Waals surface area contributed by atoms with E-state index in [4.69, 9.17) is 0 Å². The number of nitrogens with one attached hydrogen (secondary N) is 2. The van der Waals surface area contributed by atoms with E-state index in [1.54, 1.807) is 19.1 Å². The summed E-state index contributed by atoms with van der Waals surface area (Å²) in [6.07, 6.45) is -4.36. The number of nitrogens with zero attached hydrogens (tertiary/aromatic N) is 1. The lowest BCUT2D eigenvalue weighted by Gasteiger charge is -2.14. The quantitative estimate of drug-likeness (QED) is 0.415. The van der Waals surface area contributed by atoms with E-state index in [1.807, 2.05) is 6.92 Å². The lowest BCUT2D eigenvalue weighted by Crippen LogP contribution is -2.40. The lowest BCUT2D eigenvalue weighted by atomic mass is 10.2. The van der Waals surface area contributed by atoms with Gasteiger partial charge in [0.1, 0.15) is 5.75 Å². The summed E-state index contributed by atoms with van der Waals surface area (Å²) in [6.45, 7) is 3.65. The van der Waals surface area contributed by atoms with Gasteiger partial charge in [-0.1, -0.05) is 19.1 Å². The zero-order chi connectivity index (χ0) is 19.6. The molecule has 146 valence electrons. The number of methoxy groups -OCH3 is 1. The third-order valence-corrected chi connectivity index (χ3v) is 3.27. The van der Waals surface area contributed by atoms with E-state index in [1.165, 1.54) is 19.2 Å². The molecule has 1 aromatic rings. The fourth-order valence-corrected chi connectivity index (χ4v) is 1.90. The second-order valence-electron chi connectivity index (χ2n) is 5.55. The van der Waals surface area contributed by atoms with Crippen molar-refractivity contribution < 1.29 is 27.4 Å². The number of guanidine groups is 1. The van der Waals surface area contributed by atoms with Crippen LogP contribution in [0.25, 0.3) is 0 Å². The third-order valence-electron chi connectivity index (χ3n) is 3.27. The molecule has 6 nitrogen and oxygen atoms in total. The summed E-state index contributed by atoms with van der Waals surface area (Å²) >= 11 is 0. The van der Waals surface area contributed by atoms with E-state index in [0.717, 1.165) is 5.56 Å². The summed E-state index contributed by atoms with van der Waals surface area (Å²) in [6, 6.07) is 6.23. The van der Waals surface area contributed by atoms with Crippen molar-refractivity contribution in [2.24, 2.45) is 10.9 Å². The van der Waals surface area contributed by atoms with Crippen LogP contribution in [0.4, 0.5) is 13.2 Å². The molecule has 0 saturated carbocycles. The van der Waals surface area contributed by atoms with Crippen LogP contribution in [0.1, 0.15) is 19.4 Å². The average Bonchev–Trinajstić information content (AvgIpc) is 2.61. The number of halogens is 3. The maximum absolute atomic E-state index is 12.1. The van der Waals surface area contributed by atoms with Gasteiger partial charge < -0.3 is 20.1 Å². The van der Waals surface area contributed by atoms with Gasteiger partial charge in [0.15, 0.2) is 12.6 Å². The molecule has 0 fully saturated rings. The van der Waals surface area contributed by atoms with Crippen molar-refractivity contribution in [3.63, 3.8) is 0 Å². The second kappa shape index (κ2) is 10.5. The normalized spacial score (nSPS) is 13.1. The van der Waals surface area contributed by atoms with Crippen molar-refractivity contribution in [3.8, 4) is 5.75 Å². The molecule has 0 aliphatic rings. The first-order chi connectivity index (χ1) is 12.2. The van der Waals surface area contributed by atoms with E-state index in [0.29, 0.717) is 25.6 Å². The minimum Gasteiger partial charge on any atom is -0.484 e. The van der Waals surface area contributed by atoms with Gasteiger partial charge in [-0.05, 0) is 24.6 Å². The first-order valence-corrected chi connectivity index (χ1v) is 8.13. The van der Waals surface area contributed by atoms with Gasteiger partial charge in [-0.3, -0.25) is 4.79 Å². The van der Waals surface area contributed by atoms with E-state index in [2.05, 4.69) is 25.1 Å². The van der Waals surface area contributed by atoms with Gasteiger partial charge in [-0.25, -0.2) is 4.99 Å². The van der Waals surface area contributed by atoms with Gasteiger partial charge in [-0.2, -0.15) is 13.2 Å². The number of hydrogen-bond donors (Lipinski definition) is 2. The smallest absolute Gasteiger partial charge is 0.422 e. The highest BCUT2D eigenvalue weighted by Crippen LogP contribution is 2.19. The molecule has 26 heavy (non-hydrogen) atoms. The first-order valence-electron chi connectivity index (χ1n) is 8.13. The molecule has 0 aromatic heterocycles. The molecule has 0 saturated heterocycles. The molecule has 0 aliphatic carbocycles. The van der Waals surface area contributed by atoms with E-state index in [9.17, 15) is 18.0 Å². The predicted molar refractivity (Wildman–Crippen MR) is 92.0 cm³/mol. The number of rotatable bonds is 8. The Bertz CT molecular complexity index is 589. The Morgan fingerprint density at radius 3 is 2.42 bits per heavy atom. The Morgan fingerprint density at radius 2 is 1.88 bits per heavy atom. The standard InChI is InChI=1S/C17H24F3N3O3/c1-4-21-16(22-9-12(2)15(24)25-3)23-10-13-5-7-14(8-6-13)26-11-17(18,19)20/h5-8,12H,4,9-11H2,1-3H3,(H2,21,22,23). The van der Waals surface area contributed by atoms with Crippen molar-refractivity contribution in [3.05, 3.63) is 29.8 Å². The van der Waals surface area contributed by atoms with E-state index in [-0.39, 0.29) is 17.6 Å². The average molecular weight is 375 g/mol. The minimum atomic E-state index is -4.36. The summed E-state index contributed by atoms with van der Waals surface area (Å²) in [4.78, 5) is 15.8. The molecule has 0 aliphatic heterocycles. The number of carbonyl (C=O) groups is 1. The Hall–Kier alpha value is -2.45.